The van der Waals surface area contributed by atoms with Crippen molar-refractivity contribution in [3.05, 3.63) is 0 Å². The molecule has 0 aromatic carbocycles. The van der Waals surface area contributed by atoms with Gasteiger partial charge in [-0.2, -0.15) is 0 Å². The molecule has 1 aliphatic carbocycles. The van der Waals surface area contributed by atoms with Gasteiger partial charge in [-0.25, -0.2) is 0 Å². The molecule has 122 valence electrons. The maximum atomic E-state index is 11.9. The van der Waals surface area contributed by atoms with E-state index in [-0.39, 0.29) is 18.2 Å². The number of carbonyl (C=O) groups is 2. The van der Waals surface area contributed by atoms with Crippen LogP contribution in [0.15, 0.2) is 0 Å². The van der Waals surface area contributed by atoms with Crippen molar-refractivity contribution in [3.63, 3.8) is 0 Å². The Morgan fingerprint density at radius 2 is 1.62 bits per heavy atom. The lowest BCUT2D eigenvalue weighted by atomic mass is 9.85. The Kier molecular flexibility index (Phi) is 8.30. The number of carboxylic acid groups (broad SMARTS) is 1. The maximum absolute atomic E-state index is 11.9. The average Bonchev–Trinajstić information content (AvgIpc) is 2.44. The number of aliphatic hydroxyl groups is 2. The lowest BCUT2D eigenvalue weighted by Crippen LogP contribution is -2.40. The molecule has 0 saturated heterocycles. The highest BCUT2D eigenvalue weighted by molar-refractivity contribution is 5.78. The number of amides is 1. The van der Waals surface area contributed by atoms with Crippen LogP contribution in [-0.2, 0) is 9.59 Å². The van der Waals surface area contributed by atoms with Crippen molar-refractivity contribution in [1.82, 2.24) is 5.32 Å². The van der Waals surface area contributed by atoms with Crippen molar-refractivity contribution in [1.29, 1.82) is 0 Å². The predicted octanol–water partition coefficient (Wildman–Crippen LogP) is 1.05. The minimum atomic E-state index is -0.788. The fraction of sp³-hybridized carbons (Fsp3) is 0.867. The molecule has 6 heteroatoms. The second kappa shape index (κ2) is 9.73. The van der Waals surface area contributed by atoms with Crippen molar-refractivity contribution in [2.75, 3.05) is 6.54 Å². The van der Waals surface area contributed by atoms with Gasteiger partial charge in [0.1, 0.15) is 0 Å². The number of aliphatic hydroxyl groups excluding tert-OH is 2. The molecule has 21 heavy (non-hydrogen) atoms. The molecule has 1 fully saturated rings. The number of unbranched alkanes of at least 4 members (excludes halogenated alkanes) is 4. The third-order valence-corrected chi connectivity index (χ3v) is 4.02. The zero-order valence-electron chi connectivity index (χ0n) is 12.5. The SMILES string of the molecule is O=C(O)CCCCCCCNC(=O)C1CCC(O)C(O)C1. The van der Waals surface area contributed by atoms with Gasteiger partial charge in [-0.3, -0.25) is 9.59 Å². The summed E-state index contributed by atoms with van der Waals surface area (Å²) < 4.78 is 0. The van der Waals surface area contributed by atoms with Gasteiger partial charge in [-0.15, -0.1) is 0 Å². The Morgan fingerprint density at radius 1 is 0.952 bits per heavy atom. The summed E-state index contributed by atoms with van der Waals surface area (Å²) in [7, 11) is 0. The largest absolute Gasteiger partial charge is 0.481 e. The van der Waals surface area contributed by atoms with Crippen molar-refractivity contribution in [2.45, 2.75) is 70.0 Å². The summed E-state index contributed by atoms with van der Waals surface area (Å²) in [6.07, 6.45) is 4.65. The molecular formula is C15H27NO5. The zero-order chi connectivity index (χ0) is 15.7. The fourth-order valence-corrected chi connectivity index (χ4v) is 2.66. The van der Waals surface area contributed by atoms with E-state index in [9.17, 15) is 19.8 Å². The van der Waals surface area contributed by atoms with E-state index in [0.717, 1.165) is 25.7 Å². The van der Waals surface area contributed by atoms with Crippen molar-refractivity contribution < 1.29 is 24.9 Å². The van der Waals surface area contributed by atoms with E-state index in [0.29, 0.717) is 32.2 Å². The molecule has 3 unspecified atom stereocenters. The molecule has 0 aromatic rings. The molecule has 4 N–H and O–H groups in total. The fourth-order valence-electron chi connectivity index (χ4n) is 2.66. The van der Waals surface area contributed by atoms with Crippen LogP contribution in [0.5, 0.6) is 0 Å². The molecule has 1 amide bonds. The summed E-state index contributed by atoms with van der Waals surface area (Å²) in [5.41, 5.74) is 0. The molecule has 0 aromatic heterocycles. The van der Waals surface area contributed by atoms with Crippen LogP contribution in [-0.4, -0.2) is 45.9 Å². The van der Waals surface area contributed by atoms with E-state index in [1.165, 1.54) is 0 Å². The first-order chi connectivity index (χ1) is 10.0. The van der Waals surface area contributed by atoms with Crippen LogP contribution in [0.25, 0.3) is 0 Å². The van der Waals surface area contributed by atoms with Gasteiger partial charge in [0.2, 0.25) is 5.91 Å². The number of carbonyl (C=O) groups excluding carboxylic acids is 1. The second-order valence-corrected chi connectivity index (χ2v) is 5.85. The Labute approximate surface area is 125 Å². The monoisotopic (exact) mass is 301 g/mol. The summed E-state index contributed by atoms with van der Waals surface area (Å²) in [4.78, 5) is 22.2. The summed E-state index contributed by atoms with van der Waals surface area (Å²) >= 11 is 0. The third-order valence-electron chi connectivity index (χ3n) is 4.02. The molecule has 0 radical (unpaired) electrons. The summed E-state index contributed by atoms with van der Waals surface area (Å²) in [6.45, 7) is 0.618. The lowest BCUT2D eigenvalue weighted by molar-refractivity contribution is -0.137. The summed E-state index contributed by atoms with van der Waals surface area (Å²) in [5.74, 6) is -0.979. The molecule has 1 aliphatic rings. The molecule has 0 aliphatic heterocycles. The predicted molar refractivity (Wildman–Crippen MR) is 77.7 cm³/mol. The molecular weight excluding hydrogens is 274 g/mol. The summed E-state index contributed by atoms with van der Waals surface area (Å²) in [6, 6.07) is 0. The highest BCUT2D eigenvalue weighted by atomic mass is 16.4. The van der Waals surface area contributed by atoms with Gasteiger partial charge in [-0.05, 0) is 32.1 Å². The first-order valence-electron chi connectivity index (χ1n) is 7.86. The van der Waals surface area contributed by atoms with Gasteiger partial charge in [0.25, 0.3) is 0 Å². The van der Waals surface area contributed by atoms with Crippen LogP contribution in [0.3, 0.4) is 0 Å². The number of rotatable bonds is 9. The molecule has 1 saturated carbocycles. The molecule has 1 rings (SSSR count). The minimum Gasteiger partial charge on any atom is -0.481 e. The maximum Gasteiger partial charge on any atom is 0.303 e. The Hall–Kier alpha value is -1.14. The first kappa shape index (κ1) is 17.9. The van der Waals surface area contributed by atoms with Gasteiger partial charge in [0, 0.05) is 18.9 Å². The van der Waals surface area contributed by atoms with Crippen LogP contribution < -0.4 is 5.32 Å². The Bertz CT molecular complexity index is 334. The zero-order valence-corrected chi connectivity index (χ0v) is 12.5. The quantitative estimate of drug-likeness (QED) is 0.476. The summed E-state index contributed by atoms with van der Waals surface area (Å²) in [5, 5.41) is 30.3. The van der Waals surface area contributed by atoms with E-state index >= 15 is 0 Å². The third kappa shape index (κ3) is 7.43. The van der Waals surface area contributed by atoms with Gasteiger partial charge in [0.15, 0.2) is 0 Å². The van der Waals surface area contributed by atoms with E-state index in [1.807, 2.05) is 0 Å². The van der Waals surface area contributed by atoms with Crippen LogP contribution in [0.1, 0.15) is 57.8 Å². The smallest absolute Gasteiger partial charge is 0.303 e. The van der Waals surface area contributed by atoms with E-state index in [2.05, 4.69) is 5.32 Å². The Morgan fingerprint density at radius 3 is 2.29 bits per heavy atom. The van der Waals surface area contributed by atoms with Crippen molar-refractivity contribution in [2.24, 2.45) is 5.92 Å². The van der Waals surface area contributed by atoms with Crippen LogP contribution >= 0.6 is 0 Å². The van der Waals surface area contributed by atoms with Crippen molar-refractivity contribution >= 4 is 11.9 Å². The van der Waals surface area contributed by atoms with Crippen LogP contribution in [0.4, 0.5) is 0 Å². The minimum absolute atomic E-state index is 0.0353. The van der Waals surface area contributed by atoms with E-state index in [1.54, 1.807) is 0 Å². The highest BCUT2D eigenvalue weighted by Crippen LogP contribution is 2.24. The number of hydrogen-bond donors (Lipinski definition) is 4. The van der Waals surface area contributed by atoms with Crippen LogP contribution in [0, 0.1) is 5.92 Å². The highest BCUT2D eigenvalue weighted by Gasteiger charge is 2.31. The van der Waals surface area contributed by atoms with Gasteiger partial charge in [0.05, 0.1) is 12.2 Å². The first-order valence-corrected chi connectivity index (χ1v) is 7.86. The number of hydrogen-bond acceptors (Lipinski definition) is 4. The topological polar surface area (TPSA) is 107 Å². The number of aliphatic carboxylic acids is 1. The number of carboxylic acids is 1. The van der Waals surface area contributed by atoms with E-state index < -0.39 is 18.2 Å². The average molecular weight is 301 g/mol. The molecule has 0 heterocycles. The number of nitrogens with one attached hydrogen (secondary N) is 1. The van der Waals surface area contributed by atoms with Gasteiger partial charge in [-0.1, -0.05) is 19.3 Å². The van der Waals surface area contributed by atoms with Crippen LogP contribution in [0.2, 0.25) is 0 Å². The molecule has 0 spiro atoms. The van der Waals surface area contributed by atoms with E-state index in [4.69, 9.17) is 5.11 Å². The van der Waals surface area contributed by atoms with Gasteiger partial charge < -0.3 is 20.6 Å². The molecule has 6 nitrogen and oxygen atoms in total. The Balaban J connectivity index is 2.00. The molecule has 3 atom stereocenters. The lowest BCUT2D eigenvalue weighted by Gasteiger charge is -2.29. The second-order valence-electron chi connectivity index (χ2n) is 5.85. The standard InChI is InChI=1S/C15H27NO5/c17-12-8-7-11(10-13(12)18)15(21)16-9-5-3-1-2-4-6-14(19)20/h11-13,17-18H,1-10H2,(H,16,21)(H,19,20). The van der Waals surface area contributed by atoms with Gasteiger partial charge >= 0.3 is 5.97 Å². The normalized spacial score (nSPS) is 25.5. The van der Waals surface area contributed by atoms with Crippen molar-refractivity contribution in [3.8, 4) is 0 Å². The molecule has 0 bridgehead atoms.